The van der Waals surface area contributed by atoms with E-state index in [9.17, 15) is 9.18 Å². The molecule has 3 aromatic heterocycles. The number of pyridine rings is 2. The molecule has 0 unspecified atom stereocenters. The Kier molecular flexibility index (Phi) is 4.60. The Morgan fingerprint density at radius 3 is 2.79 bits per heavy atom. The molecule has 1 N–H and O–H groups in total. The molecule has 142 valence electrons. The van der Waals surface area contributed by atoms with Crippen LogP contribution in [-0.2, 0) is 6.54 Å². The Labute approximate surface area is 169 Å². The van der Waals surface area contributed by atoms with Crippen LogP contribution >= 0.6 is 23.8 Å². The molecule has 6 nitrogen and oxygen atoms in total. The van der Waals surface area contributed by atoms with E-state index in [-0.39, 0.29) is 15.2 Å². The first-order chi connectivity index (χ1) is 13.4. The molecule has 0 aliphatic heterocycles. The third-order valence-corrected chi connectivity index (χ3v) is 5.04. The minimum Gasteiger partial charge on any atom is -0.332 e. The number of rotatable bonds is 3. The number of fused-ring (bicyclic) bond motifs is 1. The van der Waals surface area contributed by atoms with Gasteiger partial charge in [0.15, 0.2) is 10.6 Å². The van der Waals surface area contributed by atoms with Crippen molar-refractivity contribution >= 4 is 34.9 Å². The molecular weight excluding hydrogens is 401 g/mol. The third-order valence-electron chi connectivity index (χ3n) is 4.48. The van der Waals surface area contributed by atoms with E-state index in [0.717, 1.165) is 5.69 Å². The van der Waals surface area contributed by atoms with Crippen molar-refractivity contribution in [2.24, 2.45) is 0 Å². The van der Waals surface area contributed by atoms with Crippen molar-refractivity contribution in [1.29, 1.82) is 0 Å². The molecule has 0 aliphatic carbocycles. The van der Waals surface area contributed by atoms with E-state index in [1.165, 1.54) is 18.2 Å². The molecule has 4 aromatic rings. The highest BCUT2D eigenvalue weighted by Gasteiger charge is 2.18. The number of nitrogens with one attached hydrogen (secondary N) is 1. The number of hydrogen-bond acceptors (Lipinski definition) is 4. The van der Waals surface area contributed by atoms with Crippen molar-refractivity contribution in [3.05, 3.63) is 68.1 Å². The van der Waals surface area contributed by atoms with Gasteiger partial charge in [0.25, 0.3) is 0 Å². The lowest BCUT2D eigenvalue weighted by Gasteiger charge is -2.12. The normalized spacial score (nSPS) is 11.3. The van der Waals surface area contributed by atoms with E-state index >= 15 is 0 Å². The summed E-state index contributed by atoms with van der Waals surface area (Å²) < 4.78 is 17.3. The van der Waals surface area contributed by atoms with E-state index in [0.29, 0.717) is 34.7 Å². The average Bonchev–Trinajstić information content (AvgIpc) is 3.05. The van der Waals surface area contributed by atoms with Gasteiger partial charge in [-0.1, -0.05) is 11.6 Å². The van der Waals surface area contributed by atoms with E-state index in [1.54, 1.807) is 22.9 Å². The summed E-state index contributed by atoms with van der Waals surface area (Å²) in [5.74, 6) is -0.218. The Morgan fingerprint density at radius 1 is 1.29 bits per heavy atom. The highest BCUT2D eigenvalue weighted by molar-refractivity contribution is 7.71. The van der Waals surface area contributed by atoms with Crippen molar-refractivity contribution in [1.82, 2.24) is 24.3 Å². The van der Waals surface area contributed by atoms with Gasteiger partial charge >= 0.3 is 0 Å². The second kappa shape index (κ2) is 6.96. The van der Waals surface area contributed by atoms with E-state index in [1.807, 2.05) is 18.4 Å². The predicted molar refractivity (Wildman–Crippen MR) is 109 cm³/mol. The summed E-state index contributed by atoms with van der Waals surface area (Å²) in [7, 11) is 0. The van der Waals surface area contributed by atoms with Crippen LogP contribution in [0.2, 0.25) is 5.02 Å². The Balaban J connectivity index is 2.04. The summed E-state index contributed by atoms with van der Waals surface area (Å²) in [6.45, 7) is 4.46. The number of nitrogens with zero attached hydrogens (tertiary/aromatic N) is 4. The minimum atomic E-state index is -0.539. The highest BCUT2D eigenvalue weighted by atomic mass is 35.5. The third kappa shape index (κ3) is 2.94. The summed E-state index contributed by atoms with van der Waals surface area (Å²) in [5.41, 5.74) is 2.08. The lowest BCUT2D eigenvalue weighted by molar-refractivity contribution is 0.628. The molecular formula is C19H15ClFN5OS. The van der Waals surface area contributed by atoms with Gasteiger partial charge in [0.1, 0.15) is 11.5 Å². The molecule has 3 heterocycles. The average molecular weight is 416 g/mol. The van der Waals surface area contributed by atoms with E-state index in [4.69, 9.17) is 23.8 Å². The number of aromatic amines is 1. The van der Waals surface area contributed by atoms with Gasteiger partial charge in [0.05, 0.1) is 21.7 Å². The molecule has 4 rings (SSSR count). The van der Waals surface area contributed by atoms with Gasteiger partial charge < -0.3 is 4.57 Å². The standard InChI is InChI=1S/C19H15ClFN5OS/c1-3-25-9-13(16(27)12-6-4-10(2)22-17(12)25)18-23-24-19(28)26(18)11-5-7-15(21)14(20)8-11/h4-9H,3H2,1-2H3,(H,24,28). The second-order valence-corrected chi connectivity index (χ2v) is 7.06. The van der Waals surface area contributed by atoms with Crippen molar-refractivity contribution in [2.45, 2.75) is 20.4 Å². The topological polar surface area (TPSA) is 68.5 Å². The molecule has 9 heteroatoms. The van der Waals surface area contributed by atoms with Crippen molar-refractivity contribution in [3.8, 4) is 17.1 Å². The van der Waals surface area contributed by atoms with Crippen LogP contribution in [0.4, 0.5) is 4.39 Å². The van der Waals surface area contributed by atoms with Gasteiger partial charge in [0, 0.05) is 18.4 Å². The summed E-state index contributed by atoms with van der Waals surface area (Å²) >= 11 is 11.3. The minimum absolute atomic E-state index is 0.0456. The first kappa shape index (κ1) is 18.5. The van der Waals surface area contributed by atoms with Crippen LogP contribution < -0.4 is 5.43 Å². The fraction of sp³-hybridized carbons (Fsp3) is 0.158. The van der Waals surface area contributed by atoms with Crippen molar-refractivity contribution in [3.63, 3.8) is 0 Å². The zero-order valence-electron chi connectivity index (χ0n) is 15.0. The fourth-order valence-electron chi connectivity index (χ4n) is 3.10. The summed E-state index contributed by atoms with van der Waals surface area (Å²) in [4.78, 5) is 17.7. The first-order valence-corrected chi connectivity index (χ1v) is 9.33. The molecule has 0 amide bonds. The van der Waals surface area contributed by atoms with Crippen LogP contribution in [0.1, 0.15) is 12.6 Å². The zero-order valence-corrected chi connectivity index (χ0v) is 16.6. The lowest BCUT2D eigenvalue weighted by Crippen LogP contribution is -2.15. The van der Waals surface area contributed by atoms with Crippen molar-refractivity contribution < 1.29 is 4.39 Å². The van der Waals surface area contributed by atoms with Crippen LogP contribution in [0.15, 0.2) is 41.3 Å². The van der Waals surface area contributed by atoms with E-state index in [2.05, 4.69) is 15.2 Å². The Bertz CT molecular complexity index is 1340. The van der Waals surface area contributed by atoms with Crippen LogP contribution in [-0.4, -0.2) is 24.3 Å². The number of hydrogen-bond donors (Lipinski definition) is 1. The van der Waals surface area contributed by atoms with Gasteiger partial charge in [0.2, 0.25) is 5.43 Å². The molecule has 0 bridgehead atoms. The van der Waals surface area contributed by atoms with E-state index < -0.39 is 5.82 Å². The number of H-pyrrole nitrogens is 1. The summed E-state index contributed by atoms with van der Waals surface area (Å²) in [5, 5.41) is 7.40. The smallest absolute Gasteiger partial charge is 0.202 e. The van der Waals surface area contributed by atoms with Gasteiger partial charge in [-0.3, -0.25) is 14.5 Å². The monoisotopic (exact) mass is 415 g/mol. The predicted octanol–water partition coefficient (Wildman–Crippen LogP) is 4.43. The Morgan fingerprint density at radius 2 is 2.07 bits per heavy atom. The van der Waals surface area contributed by atoms with Crippen LogP contribution in [0.5, 0.6) is 0 Å². The van der Waals surface area contributed by atoms with Gasteiger partial charge in [-0.15, -0.1) is 0 Å². The maximum absolute atomic E-state index is 13.6. The molecule has 0 aliphatic rings. The molecule has 0 saturated carbocycles. The quantitative estimate of drug-likeness (QED) is 0.503. The number of aromatic nitrogens is 5. The Hall–Kier alpha value is -2.84. The van der Waals surface area contributed by atoms with Crippen molar-refractivity contribution in [2.75, 3.05) is 0 Å². The summed E-state index contributed by atoms with van der Waals surface area (Å²) in [6, 6.07) is 7.77. The molecule has 0 atom stereocenters. The largest absolute Gasteiger partial charge is 0.332 e. The molecule has 0 spiro atoms. The van der Waals surface area contributed by atoms with Crippen LogP contribution in [0.25, 0.3) is 28.1 Å². The lowest BCUT2D eigenvalue weighted by atomic mass is 10.1. The number of aryl methyl sites for hydroxylation is 2. The molecule has 0 saturated heterocycles. The maximum atomic E-state index is 13.6. The molecule has 1 aromatic carbocycles. The number of benzene rings is 1. The highest BCUT2D eigenvalue weighted by Crippen LogP contribution is 2.24. The number of halogens is 2. The fourth-order valence-corrected chi connectivity index (χ4v) is 3.51. The first-order valence-electron chi connectivity index (χ1n) is 8.54. The van der Waals surface area contributed by atoms with Crippen LogP contribution in [0, 0.1) is 17.5 Å². The maximum Gasteiger partial charge on any atom is 0.202 e. The van der Waals surface area contributed by atoms with Gasteiger partial charge in [-0.2, -0.15) is 5.10 Å². The second-order valence-electron chi connectivity index (χ2n) is 6.27. The van der Waals surface area contributed by atoms with Crippen LogP contribution in [0.3, 0.4) is 0 Å². The molecule has 28 heavy (non-hydrogen) atoms. The SMILES string of the molecule is CCn1cc(-c2n[nH]c(=S)n2-c2ccc(F)c(Cl)c2)c(=O)c2ccc(C)nc21. The summed E-state index contributed by atoms with van der Waals surface area (Å²) in [6.07, 6.45) is 1.71. The molecule has 0 fully saturated rings. The zero-order chi connectivity index (χ0) is 20.0. The van der Waals surface area contributed by atoms with Gasteiger partial charge in [-0.05, 0) is 56.4 Å². The van der Waals surface area contributed by atoms with Gasteiger partial charge in [-0.25, -0.2) is 9.37 Å². The molecule has 0 radical (unpaired) electrons.